The molecule has 17 heavy (non-hydrogen) atoms. The number of benzene rings is 1. The third-order valence-corrected chi connectivity index (χ3v) is 2.83. The number of carbonyl (C=O) groups excluding carboxylic acids is 1. The summed E-state index contributed by atoms with van der Waals surface area (Å²) >= 11 is 3.32. The van der Waals surface area contributed by atoms with E-state index in [1.165, 1.54) is 7.11 Å². The molecule has 1 N–H and O–H groups in total. The minimum absolute atomic E-state index is 0.0379. The van der Waals surface area contributed by atoms with E-state index in [4.69, 9.17) is 5.11 Å². The zero-order valence-electron chi connectivity index (χ0n) is 9.40. The number of aryl methyl sites for hydroxylation is 1. The predicted octanol–water partition coefficient (Wildman–Crippen LogP) is 2.18. The van der Waals surface area contributed by atoms with Gasteiger partial charge in [0.1, 0.15) is 0 Å². The summed E-state index contributed by atoms with van der Waals surface area (Å²) in [6.07, 6.45) is 0.693. The van der Waals surface area contributed by atoms with E-state index in [0.717, 1.165) is 15.6 Å². The minimum atomic E-state index is -0.883. The maximum Gasteiger partial charge on any atom is 0.307 e. The van der Waals surface area contributed by atoms with Gasteiger partial charge in [0.15, 0.2) is 0 Å². The van der Waals surface area contributed by atoms with Crippen LogP contribution in [-0.4, -0.2) is 24.2 Å². The predicted molar refractivity (Wildman–Crippen MR) is 65.8 cm³/mol. The van der Waals surface area contributed by atoms with E-state index in [1.54, 1.807) is 12.1 Å². The molecule has 0 unspecified atom stereocenters. The molecule has 0 bridgehead atoms. The molecule has 0 aromatic heterocycles. The lowest BCUT2D eigenvalue weighted by atomic mass is 10.0. The van der Waals surface area contributed by atoms with Gasteiger partial charge in [0.2, 0.25) is 0 Å². The molecule has 1 aromatic rings. The molecule has 0 atom stereocenters. The number of rotatable bonds is 5. The normalized spacial score (nSPS) is 10.0. The smallest absolute Gasteiger partial charge is 0.307 e. The lowest BCUT2D eigenvalue weighted by Crippen LogP contribution is -2.07. The molecule has 0 aliphatic rings. The topological polar surface area (TPSA) is 63.6 Å². The molecule has 0 aliphatic heterocycles. The Kier molecular flexibility index (Phi) is 5.15. The quantitative estimate of drug-likeness (QED) is 0.847. The molecule has 0 saturated heterocycles. The first-order valence-corrected chi connectivity index (χ1v) is 5.88. The van der Waals surface area contributed by atoms with Crippen LogP contribution in [0.25, 0.3) is 0 Å². The van der Waals surface area contributed by atoms with Crippen molar-refractivity contribution in [1.82, 2.24) is 0 Å². The third kappa shape index (κ3) is 4.56. The van der Waals surface area contributed by atoms with Crippen LogP contribution in [0.3, 0.4) is 0 Å². The van der Waals surface area contributed by atoms with E-state index in [9.17, 15) is 9.59 Å². The number of hydrogen-bond donors (Lipinski definition) is 1. The molecule has 4 nitrogen and oxygen atoms in total. The van der Waals surface area contributed by atoms with Crippen molar-refractivity contribution in [3.05, 3.63) is 33.8 Å². The van der Waals surface area contributed by atoms with Crippen LogP contribution in [0.4, 0.5) is 0 Å². The van der Waals surface area contributed by atoms with Gasteiger partial charge in [0, 0.05) is 10.9 Å². The summed E-state index contributed by atoms with van der Waals surface area (Å²) in [7, 11) is 1.33. The van der Waals surface area contributed by atoms with Gasteiger partial charge in [-0.1, -0.05) is 22.0 Å². The van der Waals surface area contributed by atoms with Gasteiger partial charge < -0.3 is 9.84 Å². The number of aliphatic carboxylic acids is 1. The van der Waals surface area contributed by atoms with E-state index in [2.05, 4.69) is 20.7 Å². The largest absolute Gasteiger partial charge is 0.481 e. The second-order valence-corrected chi connectivity index (χ2v) is 4.48. The second-order valence-electron chi connectivity index (χ2n) is 3.56. The number of methoxy groups -OCH3 is 1. The molecular formula is C12H13BrO4. The molecular weight excluding hydrogens is 288 g/mol. The van der Waals surface area contributed by atoms with Crippen molar-refractivity contribution in [1.29, 1.82) is 0 Å². The van der Waals surface area contributed by atoms with Gasteiger partial charge in [0.25, 0.3) is 0 Å². The van der Waals surface area contributed by atoms with E-state index in [0.29, 0.717) is 6.42 Å². The van der Waals surface area contributed by atoms with Crippen LogP contribution < -0.4 is 0 Å². The van der Waals surface area contributed by atoms with Crippen molar-refractivity contribution in [2.75, 3.05) is 7.11 Å². The summed E-state index contributed by atoms with van der Waals surface area (Å²) in [5.74, 6) is -1.18. The Labute approximate surface area is 108 Å². The van der Waals surface area contributed by atoms with Crippen LogP contribution >= 0.6 is 15.9 Å². The number of halogens is 1. The summed E-state index contributed by atoms with van der Waals surface area (Å²) in [5, 5.41) is 8.78. The van der Waals surface area contributed by atoms with Crippen LogP contribution in [0.5, 0.6) is 0 Å². The number of carboxylic acids is 1. The Morgan fingerprint density at radius 3 is 2.65 bits per heavy atom. The average Bonchev–Trinajstić information content (AvgIpc) is 2.28. The van der Waals surface area contributed by atoms with Crippen molar-refractivity contribution in [2.24, 2.45) is 0 Å². The number of esters is 1. The van der Waals surface area contributed by atoms with Gasteiger partial charge in [-0.3, -0.25) is 9.59 Å². The van der Waals surface area contributed by atoms with Crippen molar-refractivity contribution < 1.29 is 19.4 Å². The van der Waals surface area contributed by atoms with Gasteiger partial charge in [0.05, 0.1) is 13.5 Å². The Hall–Kier alpha value is -1.36. The number of hydrogen-bond acceptors (Lipinski definition) is 3. The van der Waals surface area contributed by atoms with Gasteiger partial charge in [-0.05, 0) is 29.7 Å². The van der Waals surface area contributed by atoms with Gasteiger partial charge >= 0.3 is 11.9 Å². The van der Waals surface area contributed by atoms with E-state index >= 15 is 0 Å². The first-order chi connectivity index (χ1) is 8.02. The van der Waals surface area contributed by atoms with E-state index in [-0.39, 0.29) is 18.8 Å². The highest BCUT2D eigenvalue weighted by molar-refractivity contribution is 9.10. The fraction of sp³-hybridized carbons (Fsp3) is 0.333. The third-order valence-electron chi connectivity index (χ3n) is 2.34. The SMILES string of the molecule is COC(=O)CCc1cc(Br)ccc1CC(=O)O. The molecule has 0 fully saturated rings. The molecule has 1 rings (SSSR count). The van der Waals surface area contributed by atoms with Crippen LogP contribution in [-0.2, 0) is 27.2 Å². The number of ether oxygens (including phenoxy) is 1. The van der Waals surface area contributed by atoms with Crippen molar-refractivity contribution in [3.63, 3.8) is 0 Å². The fourth-order valence-corrected chi connectivity index (χ4v) is 1.91. The first kappa shape index (κ1) is 13.7. The second kappa shape index (κ2) is 6.39. The first-order valence-electron chi connectivity index (χ1n) is 5.09. The Morgan fingerprint density at radius 1 is 1.35 bits per heavy atom. The molecule has 0 radical (unpaired) electrons. The Bertz CT molecular complexity index is 429. The van der Waals surface area contributed by atoms with Crippen molar-refractivity contribution >= 4 is 27.9 Å². The molecule has 5 heteroatoms. The van der Waals surface area contributed by atoms with Crippen molar-refractivity contribution in [2.45, 2.75) is 19.3 Å². The molecule has 0 saturated carbocycles. The van der Waals surface area contributed by atoms with E-state index < -0.39 is 5.97 Å². The summed E-state index contributed by atoms with van der Waals surface area (Å²) in [6, 6.07) is 5.38. The lowest BCUT2D eigenvalue weighted by Gasteiger charge is -2.08. The fourth-order valence-electron chi connectivity index (χ4n) is 1.50. The van der Waals surface area contributed by atoms with Gasteiger partial charge in [-0.25, -0.2) is 0 Å². The minimum Gasteiger partial charge on any atom is -0.481 e. The van der Waals surface area contributed by atoms with E-state index in [1.807, 2.05) is 6.07 Å². The van der Waals surface area contributed by atoms with Crippen LogP contribution in [0, 0.1) is 0 Å². The molecule has 0 amide bonds. The maximum atomic E-state index is 11.1. The number of carbonyl (C=O) groups is 2. The zero-order valence-corrected chi connectivity index (χ0v) is 11.0. The van der Waals surface area contributed by atoms with Gasteiger partial charge in [-0.2, -0.15) is 0 Å². The monoisotopic (exact) mass is 300 g/mol. The molecule has 0 heterocycles. The van der Waals surface area contributed by atoms with Crippen LogP contribution in [0.2, 0.25) is 0 Å². The summed E-state index contributed by atoms with van der Waals surface area (Å²) < 4.78 is 5.42. The Balaban J connectivity index is 2.83. The summed E-state index contributed by atoms with van der Waals surface area (Å²) in [4.78, 5) is 21.8. The Morgan fingerprint density at radius 2 is 2.06 bits per heavy atom. The highest BCUT2D eigenvalue weighted by Gasteiger charge is 2.09. The standard InChI is InChI=1S/C12H13BrO4/c1-17-12(16)5-3-8-6-10(13)4-2-9(8)7-11(14)15/h2,4,6H,3,5,7H2,1H3,(H,14,15). The molecule has 92 valence electrons. The van der Waals surface area contributed by atoms with Crippen LogP contribution in [0.1, 0.15) is 17.5 Å². The molecule has 1 aromatic carbocycles. The summed E-state index contributed by atoms with van der Waals surface area (Å²) in [6.45, 7) is 0. The number of carboxylic acid groups (broad SMARTS) is 1. The van der Waals surface area contributed by atoms with Gasteiger partial charge in [-0.15, -0.1) is 0 Å². The highest BCUT2D eigenvalue weighted by atomic mass is 79.9. The van der Waals surface area contributed by atoms with Crippen LogP contribution in [0.15, 0.2) is 22.7 Å². The molecule has 0 aliphatic carbocycles. The lowest BCUT2D eigenvalue weighted by molar-refractivity contribution is -0.140. The maximum absolute atomic E-state index is 11.1. The molecule has 0 spiro atoms. The summed E-state index contributed by atoms with van der Waals surface area (Å²) in [5.41, 5.74) is 1.58. The zero-order chi connectivity index (χ0) is 12.8. The van der Waals surface area contributed by atoms with Crippen molar-refractivity contribution in [3.8, 4) is 0 Å². The average molecular weight is 301 g/mol. The highest BCUT2D eigenvalue weighted by Crippen LogP contribution is 2.19.